The van der Waals surface area contributed by atoms with Crippen molar-refractivity contribution in [3.8, 4) is 11.5 Å². The van der Waals surface area contributed by atoms with Crippen LogP contribution in [0.2, 0.25) is 5.02 Å². The number of methoxy groups -OCH3 is 1. The maximum absolute atomic E-state index is 12.5. The summed E-state index contributed by atoms with van der Waals surface area (Å²) in [5.74, 6) is 1.53. The summed E-state index contributed by atoms with van der Waals surface area (Å²) in [4.78, 5) is 12.5. The number of aromatic nitrogens is 4. The zero-order chi connectivity index (χ0) is 21.6. The van der Waals surface area contributed by atoms with Crippen molar-refractivity contribution in [2.24, 2.45) is 0 Å². The Hall–Kier alpha value is -3.78. The molecule has 8 nitrogen and oxygen atoms in total. The number of rotatable bonds is 8. The van der Waals surface area contributed by atoms with Crippen LogP contribution in [0.15, 0.2) is 73.1 Å². The molecule has 0 bridgehead atoms. The molecule has 0 saturated carbocycles. The van der Waals surface area contributed by atoms with Crippen LogP contribution < -0.4 is 14.8 Å². The molecule has 0 saturated heterocycles. The molecule has 0 unspecified atom stereocenters. The van der Waals surface area contributed by atoms with E-state index in [1.165, 1.54) is 4.68 Å². The lowest BCUT2D eigenvalue weighted by atomic mass is 10.2. The van der Waals surface area contributed by atoms with E-state index in [1.54, 1.807) is 48.5 Å². The summed E-state index contributed by atoms with van der Waals surface area (Å²) in [5, 5.41) is 12.1. The summed E-state index contributed by atoms with van der Waals surface area (Å²) >= 11 is 5.91. The van der Waals surface area contributed by atoms with Crippen molar-refractivity contribution in [1.29, 1.82) is 0 Å². The monoisotopic (exact) mass is 437 g/mol. The molecule has 0 fully saturated rings. The molecule has 2 aromatic heterocycles. The van der Waals surface area contributed by atoms with Gasteiger partial charge in [-0.1, -0.05) is 23.7 Å². The quantitative estimate of drug-likeness (QED) is 0.449. The molecule has 158 valence electrons. The second kappa shape index (κ2) is 9.36. The maximum Gasteiger partial charge on any atom is 0.277 e. The van der Waals surface area contributed by atoms with Crippen LogP contribution in [0.3, 0.4) is 0 Å². The lowest BCUT2D eigenvalue weighted by Crippen LogP contribution is -2.15. The molecule has 2 aromatic carbocycles. The molecule has 1 amide bonds. The maximum atomic E-state index is 12.5. The predicted molar refractivity (Wildman–Crippen MR) is 117 cm³/mol. The van der Waals surface area contributed by atoms with E-state index < -0.39 is 0 Å². The van der Waals surface area contributed by atoms with Gasteiger partial charge in [-0.15, -0.1) is 0 Å². The SMILES string of the molecule is COc1ccc(OCn2ccc(C(=O)Nc3ccn(Cc4ccc(Cl)cc4)n3)n2)cc1. The third-order valence-electron chi connectivity index (χ3n) is 4.44. The van der Waals surface area contributed by atoms with Crippen molar-refractivity contribution < 1.29 is 14.3 Å². The van der Waals surface area contributed by atoms with Gasteiger partial charge in [0.1, 0.15) is 11.5 Å². The summed E-state index contributed by atoms with van der Waals surface area (Å²) in [7, 11) is 1.61. The minimum absolute atomic E-state index is 0.176. The summed E-state index contributed by atoms with van der Waals surface area (Å²) in [6.07, 6.45) is 3.48. The number of hydrogen-bond acceptors (Lipinski definition) is 5. The second-order valence-corrected chi connectivity index (χ2v) is 7.10. The van der Waals surface area contributed by atoms with Gasteiger partial charge < -0.3 is 14.8 Å². The summed E-state index contributed by atoms with van der Waals surface area (Å²) in [5.41, 5.74) is 1.33. The van der Waals surface area contributed by atoms with E-state index in [0.717, 1.165) is 11.3 Å². The van der Waals surface area contributed by atoms with E-state index in [4.69, 9.17) is 21.1 Å². The van der Waals surface area contributed by atoms with Crippen molar-refractivity contribution in [3.63, 3.8) is 0 Å². The highest BCUT2D eigenvalue weighted by atomic mass is 35.5. The Balaban J connectivity index is 1.31. The van der Waals surface area contributed by atoms with Gasteiger partial charge in [0.05, 0.1) is 13.7 Å². The minimum atomic E-state index is -0.347. The highest BCUT2D eigenvalue weighted by Gasteiger charge is 2.12. The van der Waals surface area contributed by atoms with Crippen LogP contribution in [0.5, 0.6) is 11.5 Å². The fourth-order valence-electron chi connectivity index (χ4n) is 2.84. The van der Waals surface area contributed by atoms with Crippen LogP contribution in [-0.2, 0) is 13.3 Å². The van der Waals surface area contributed by atoms with Crippen molar-refractivity contribution >= 4 is 23.3 Å². The van der Waals surface area contributed by atoms with Gasteiger partial charge in [0.15, 0.2) is 18.2 Å². The smallest absolute Gasteiger partial charge is 0.277 e. The van der Waals surface area contributed by atoms with Crippen molar-refractivity contribution in [1.82, 2.24) is 19.6 Å². The van der Waals surface area contributed by atoms with Crippen molar-refractivity contribution in [2.45, 2.75) is 13.3 Å². The van der Waals surface area contributed by atoms with Gasteiger partial charge in [0.2, 0.25) is 0 Å². The van der Waals surface area contributed by atoms with Gasteiger partial charge in [-0.3, -0.25) is 9.48 Å². The highest BCUT2D eigenvalue weighted by Crippen LogP contribution is 2.17. The van der Waals surface area contributed by atoms with Gasteiger partial charge in [-0.2, -0.15) is 10.2 Å². The summed E-state index contributed by atoms with van der Waals surface area (Å²) < 4.78 is 14.1. The standard InChI is InChI=1S/C22H20ClN5O3/c1-30-18-6-8-19(9-7-18)31-15-28-12-10-20(25-28)22(29)24-21-11-13-27(26-21)14-16-2-4-17(23)5-3-16/h2-13H,14-15H2,1H3,(H,24,26,29). The molecule has 0 spiro atoms. The molecule has 4 aromatic rings. The molecule has 0 radical (unpaired) electrons. The lowest BCUT2D eigenvalue weighted by molar-refractivity contribution is 0.101. The molecule has 0 aliphatic carbocycles. The number of carbonyl (C=O) groups excluding carboxylic acids is 1. The van der Waals surface area contributed by atoms with Gasteiger partial charge in [0.25, 0.3) is 5.91 Å². The first-order valence-corrected chi connectivity index (χ1v) is 9.86. The van der Waals surface area contributed by atoms with Crippen LogP contribution in [0.25, 0.3) is 0 Å². The predicted octanol–water partition coefficient (Wildman–Crippen LogP) is 4.08. The topological polar surface area (TPSA) is 83.2 Å². The zero-order valence-corrected chi connectivity index (χ0v) is 17.5. The number of benzene rings is 2. The number of nitrogens with zero attached hydrogens (tertiary/aromatic N) is 4. The molecular weight excluding hydrogens is 418 g/mol. The van der Waals surface area contributed by atoms with Gasteiger partial charge >= 0.3 is 0 Å². The fraction of sp³-hybridized carbons (Fsp3) is 0.136. The number of carbonyl (C=O) groups is 1. The van der Waals surface area contributed by atoms with Crippen LogP contribution >= 0.6 is 11.6 Å². The molecule has 0 aliphatic rings. The third-order valence-corrected chi connectivity index (χ3v) is 4.69. The van der Waals surface area contributed by atoms with Gasteiger partial charge in [-0.25, -0.2) is 4.68 Å². The van der Waals surface area contributed by atoms with Gasteiger partial charge in [-0.05, 0) is 48.0 Å². The number of anilines is 1. The Morgan fingerprint density at radius 2 is 1.65 bits per heavy atom. The van der Waals surface area contributed by atoms with Crippen LogP contribution in [-0.4, -0.2) is 32.6 Å². The number of halogens is 1. The number of amides is 1. The zero-order valence-electron chi connectivity index (χ0n) is 16.7. The Bertz CT molecular complexity index is 1150. The number of ether oxygens (including phenoxy) is 2. The first kappa shape index (κ1) is 20.5. The molecule has 0 atom stereocenters. The first-order valence-electron chi connectivity index (χ1n) is 9.48. The second-order valence-electron chi connectivity index (χ2n) is 6.67. The van der Waals surface area contributed by atoms with E-state index in [2.05, 4.69) is 15.5 Å². The van der Waals surface area contributed by atoms with Crippen LogP contribution in [0.4, 0.5) is 5.82 Å². The first-order chi connectivity index (χ1) is 15.1. The van der Waals surface area contributed by atoms with Crippen molar-refractivity contribution in [2.75, 3.05) is 12.4 Å². The molecule has 9 heteroatoms. The largest absolute Gasteiger partial charge is 0.497 e. The molecule has 2 heterocycles. The van der Waals surface area contributed by atoms with E-state index in [0.29, 0.717) is 23.1 Å². The molecule has 4 rings (SSSR count). The van der Waals surface area contributed by atoms with E-state index in [-0.39, 0.29) is 18.3 Å². The summed E-state index contributed by atoms with van der Waals surface area (Å²) in [6.45, 7) is 0.750. The van der Waals surface area contributed by atoms with E-state index in [1.807, 2.05) is 36.4 Å². The lowest BCUT2D eigenvalue weighted by Gasteiger charge is -2.07. The Labute approximate surface area is 184 Å². The number of nitrogens with one attached hydrogen (secondary N) is 1. The molecule has 0 aliphatic heterocycles. The third kappa shape index (κ3) is 5.43. The molecule has 31 heavy (non-hydrogen) atoms. The average Bonchev–Trinajstić information content (AvgIpc) is 3.44. The Morgan fingerprint density at radius 3 is 2.39 bits per heavy atom. The van der Waals surface area contributed by atoms with Crippen LogP contribution in [0.1, 0.15) is 16.1 Å². The normalized spacial score (nSPS) is 10.6. The Morgan fingerprint density at radius 1 is 0.935 bits per heavy atom. The number of hydrogen-bond donors (Lipinski definition) is 1. The van der Waals surface area contributed by atoms with Gasteiger partial charge in [0, 0.05) is 23.5 Å². The van der Waals surface area contributed by atoms with E-state index in [9.17, 15) is 4.79 Å². The minimum Gasteiger partial charge on any atom is -0.497 e. The summed E-state index contributed by atoms with van der Waals surface area (Å²) in [6, 6.07) is 18.1. The molecule has 1 N–H and O–H groups in total. The van der Waals surface area contributed by atoms with Crippen molar-refractivity contribution in [3.05, 3.63) is 89.3 Å². The highest BCUT2D eigenvalue weighted by molar-refractivity contribution is 6.30. The van der Waals surface area contributed by atoms with Crippen LogP contribution in [0, 0.1) is 0 Å². The average molecular weight is 438 g/mol. The fourth-order valence-corrected chi connectivity index (χ4v) is 2.97. The Kier molecular flexibility index (Phi) is 6.18. The van der Waals surface area contributed by atoms with E-state index >= 15 is 0 Å². The molecular formula is C22H20ClN5O3.